The van der Waals surface area contributed by atoms with E-state index in [1.165, 1.54) is 0 Å². The zero-order chi connectivity index (χ0) is 9.35. The maximum atomic E-state index is 3.46. The molecular weight excluding hydrogens is 280 g/mol. The van der Waals surface area contributed by atoms with E-state index in [4.69, 9.17) is 0 Å². The third kappa shape index (κ3) is 2.33. The zero-order valence-electron chi connectivity index (χ0n) is 7.33. The molecule has 1 aromatic rings. The van der Waals surface area contributed by atoms with Gasteiger partial charge in [0.1, 0.15) is 0 Å². The van der Waals surface area contributed by atoms with Gasteiger partial charge < -0.3 is 0 Å². The van der Waals surface area contributed by atoms with Crippen LogP contribution >= 0.6 is 31.9 Å². The molecule has 12 heavy (non-hydrogen) atoms. The monoisotopic (exact) mass is 288 g/mol. The van der Waals surface area contributed by atoms with E-state index in [1.54, 1.807) is 0 Å². The summed E-state index contributed by atoms with van der Waals surface area (Å²) in [5.41, 5.74) is 1.26. The van der Waals surface area contributed by atoms with Gasteiger partial charge in [0.05, 0.1) is 0 Å². The molecule has 0 aliphatic carbocycles. The highest BCUT2D eigenvalue weighted by Gasteiger charge is 2.17. The second-order valence-electron chi connectivity index (χ2n) is 3.70. The fourth-order valence-corrected chi connectivity index (χ4v) is 2.05. The van der Waals surface area contributed by atoms with Crippen LogP contribution in [0.3, 0.4) is 0 Å². The third-order valence-corrected chi connectivity index (χ3v) is 2.59. The molecule has 0 fully saturated rings. The quantitative estimate of drug-likeness (QED) is 0.674. The molecule has 0 amide bonds. The Morgan fingerprint density at radius 1 is 1.25 bits per heavy atom. The van der Waals surface area contributed by atoms with Crippen molar-refractivity contribution < 1.29 is 0 Å². The van der Waals surface area contributed by atoms with E-state index in [1.807, 2.05) is 6.07 Å². The van der Waals surface area contributed by atoms with Crippen LogP contribution in [0, 0.1) is 12.1 Å². The van der Waals surface area contributed by atoms with Gasteiger partial charge in [-0.05, 0) is 39.0 Å². The molecule has 0 atom stereocenters. The minimum Gasteiger partial charge on any atom is -0.0560 e. The molecule has 0 nitrogen and oxygen atoms in total. The smallest absolute Gasteiger partial charge is 0.0298 e. The minimum atomic E-state index is 0.110. The number of rotatable bonds is 0. The SMILES string of the molecule is CC(C)(C)c1[c]c(Br)c[c]c1Br. The lowest BCUT2D eigenvalue weighted by Gasteiger charge is -2.20. The lowest BCUT2D eigenvalue weighted by atomic mass is 9.87. The van der Waals surface area contributed by atoms with Gasteiger partial charge in [0.15, 0.2) is 0 Å². The Labute approximate surface area is 90.6 Å². The number of halogens is 2. The van der Waals surface area contributed by atoms with Gasteiger partial charge in [0, 0.05) is 15.0 Å². The first-order chi connectivity index (χ1) is 5.41. The van der Waals surface area contributed by atoms with E-state index >= 15 is 0 Å². The molecule has 0 N–H and O–H groups in total. The van der Waals surface area contributed by atoms with Crippen molar-refractivity contribution in [2.45, 2.75) is 26.2 Å². The van der Waals surface area contributed by atoms with Crippen LogP contribution in [0.15, 0.2) is 15.0 Å². The van der Waals surface area contributed by atoms with E-state index < -0.39 is 0 Å². The highest BCUT2D eigenvalue weighted by molar-refractivity contribution is 9.11. The molecule has 64 valence electrons. The topological polar surface area (TPSA) is 0 Å². The molecule has 2 heteroatoms. The first-order valence-electron chi connectivity index (χ1n) is 3.71. The van der Waals surface area contributed by atoms with Crippen LogP contribution in [0.25, 0.3) is 0 Å². The van der Waals surface area contributed by atoms with Crippen LogP contribution in [0.4, 0.5) is 0 Å². The van der Waals surface area contributed by atoms with Crippen LogP contribution in [-0.4, -0.2) is 0 Å². The predicted molar refractivity (Wildman–Crippen MR) is 58.2 cm³/mol. The summed E-state index contributed by atoms with van der Waals surface area (Å²) >= 11 is 6.84. The van der Waals surface area contributed by atoms with E-state index in [-0.39, 0.29) is 5.41 Å². The molecule has 1 aromatic carbocycles. The lowest BCUT2D eigenvalue weighted by Crippen LogP contribution is -2.12. The third-order valence-electron chi connectivity index (χ3n) is 1.54. The van der Waals surface area contributed by atoms with Gasteiger partial charge in [-0.25, -0.2) is 0 Å². The number of hydrogen-bond acceptors (Lipinski definition) is 0. The average Bonchev–Trinajstić information content (AvgIpc) is 1.92. The van der Waals surface area contributed by atoms with Crippen LogP contribution in [0.5, 0.6) is 0 Å². The van der Waals surface area contributed by atoms with Gasteiger partial charge in [-0.2, -0.15) is 0 Å². The van der Waals surface area contributed by atoms with E-state index in [2.05, 4.69) is 64.8 Å². The molecule has 0 heterocycles. The number of benzene rings is 1. The standard InChI is InChI=1S/C10H10Br2/c1-10(2,3)8-6-7(11)4-5-9(8)12/h4H,1-3H3. The van der Waals surface area contributed by atoms with E-state index in [0.717, 1.165) is 14.5 Å². The molecular formula is C10H10Br2. The molecule has 0 unspecified atom stereocenters. The van der Waals surface area contributed by atoms with Gasteiger partial charge in [-0.3, -0.25) is 0 Å². The van der Waals surface area contributed by atoms with Crippen molar-refractivity contribution in [2.24, 2.45) is 0 Å². The normalized spacial score (nSPS) is 11.8. The second-order valence-corrected chi connectivity index (χ2v) is 5.35. The first kappa shape index (κ1) is 10.3. The highest BCUT2D eigenvalue weighted by Crippen LogP contribution is 2.30. The summed E-state index contributed by atoms with van der Waals surface area (Å²) in [5.74, 6) is 0. The summed E-state index contributed by atoms with van der Waals surface area (Å²) in [7, 11) is 0. The minimum absolute atomic E-state index is 0.110. The van der Waals surface area contributed by atoms with Gasteiger partial charge in [0.2, 0.25) is 0 Å². The lowest BCUT2D eigenvalue weighted by molar-refractivity contribution is 0.585. The Morgan fingerprint density at radius 2 is 1.83 bits per heavy atom. The fraction of sp³-hybridized carbons (Fsp3) is 0.400. The van der Waals surface area contributed by atoms with Crippen LogP contribution in [0.1, 0.15) is 26.3 Å². The molecule has 0 aliphatic heterocycles. The molecule has 0 aliphatic rings. The van der Waals surface area contributed by atoms with Crippen LogP contribution < -0.4 is 0 Å². The molecule has 2 radical (unpaired) electrons. The molecule has 0 aromatic heterocycles. The van der Waals surface area contributed by atoms with Gasteiger partial charge >= 0.3 is 0 Å². The Bertz CT molecular complexity index is 284. The molecule has 0 saturated carbocycles. The van der Waals surface area contributed by atoms with E-state index in [0.29, 0.717) is 0 Å². The predicted octanol–water partition coefficient (Wildman–Crippen LogP) is 4.11. The summed E-state index contributed by atoms with van der Waals surface area (Å²) in [5, 5.41) is 0. The fourth-order valence-electron chi connectivity index (χ4n) is 0.926. The Kier molecular flexibility index (Phi) is 3.00. The summed E-state index contributed by atoms with van der Waals surface area (Å²) < 4.78 is 1.95. The van der Waals surface area contributed by atoms with Crippen molar-refractivity contribution in [3.05, 3.63) is 32.7 Å². The van der Waals surface area contributed by atoms with E-state index in [9.17, 15) is 0 Å². The Balaban J connectivity index is 3.23. The van der Waals surface area contributed by atoms with Gasteiger partial charge in [0.25, 0.3) is 0 Å². The summed E-state index contributed by atoms with van der Waals surface area (Å²) in [6, 6.07) is 8.23. The molecule has 0 saturated heterocycles. The summed E-state index contributed by atoms with van der Waals surface area (Å²) in [6.07, 6.45) is 0. The number of hydrogen-bond donors (Lipinski definition) is 0. The van der Waals surface area contributed by atoms with Crippen molar-refractivity contribution in [3.8, 4) is 0 Å². The van der Waals surface area contributed by atoms with Crippen molar-refractivity contribution in [1.29, 1.82) is 0 Å². The van der Waals surface area contributed by atoms with Gasteiger partial charge in [-0.15, -0.1) is 0 Å². The Hall–Kier alpha value is 0.180. The average molecular weight is 290 g/mol. The second kappa shape index (κ2) is 3.51. The summed E-state index contributed by atoms with van der Waals surface area (Å²) in [6.45, 7) is 6.47. The zero-order valence-corrected chi connectivity index (χ0v) is 10.5. The molecule has 1 rings (SSSR count). The van der Waals surface area contributed by atoms with Crippen LogP contribution in [-0.2, 0) is 5.41 Å². The van der Waals surface area contributed by atoms with Crippen molar-refractivity contribution in [2.75, 3.05) is 0 Å². The van der Waals surface area contributed by atoms with Crippen molar-refractivity contribution in [3.63, 3.8) is 0 Å². The molecule has 0 bridgehead atoms. The van der Waals surface area contributed by atoms with Crippen molar-refractivity contribution >= 4 is 31.9 Å². The largest absolute Gasteiger partial charge is 0.0560 e. The first-order valence-corrected chi connectivity index (χ1v) is 5.29. The summed E-state index contributed by atoms with van der Waals surface area (Å²) in [4.78, 5) is 0. The maximum absolute atomic E-state index is 3.46. The maximum Gasteiger partial charge on any atom is 0.0298 e. The molecule has 0 spiro atoms. The van der Waals surface area contributed by atoms with Crippen LogP contribution in [0.2, 0.25) is 0 Å². The van der Waals surface area contributed by atoms with Gasteiger partial charge in [-0.1, -0.05) is 36.7 Å². The van der Waals surface area contributed by atoms with Crippen molar-refractivity contribution in [1.82, 2.24) is 0 Å². The Morgan fingerprint density at radius 3 is 2.25 bits per heavy atom. The highest BCUT2D eigenvalue weighted by atomic mass is 79.9.